The third-order valence-electron chi connectivity index (χ3n) is 5.17. The zero-order valence-electron chi connectivity index (χ0n) is 16.9. The van der Waals surface area contributed by atoms with Crippen molar-refractivity contribution in [1.82, 2.24) is 9.47 Å². The Bertz CT molecular complexity index is 892. The number of fused-ring (bicyclic) bond motifs is 1. The van der Waals surface area contributed by atoms with E-state index in [1.165, 1.54) is 0 Å². The number of hydrogen-bond donors (Lipinski definition) is 0. The van der Waals surface area contributed by atoms with Crippen molar-refractivity contribution in [2.75, 3.05) is 13.2 Å². The van der Waals surface area contributed by atoms with Crippen molar-refractivity contribution in [3.8, 4) is 6.07 Å². The first-order chi connectivity index (χ1) is 13.3. The van der Waals surface area contributed by atoms with E-state index in [4.69, 9.17) is 10.00 Å². The molecular weight excluding hydrogens is 357 g/mol. The van der Waals surface area contributed by atoms with Crippen LogP contribution in [0.1, 0.15) is 51.3 Å². The van der Waals surface area contributed by atoms with Crippen molar-refractivity contribution in [3.63, 3.8) is 0 Å². The minimum atomic E-state index is -0.504. The van der Waals surface area contributed by atoms with Gasteiger partial charge in [0.25, 0.3) is 0 Å². The van der Waals surface area contributed by atoms with Crippen LogP contribution in [0, 0.1) is 11.3 Å². The zero-order chi connectivity index (χ0) is 20.3. The van der Waals surface area contributed by atoms with Gasteiger partial charge in [0.05, 0.1) is 18.2 Å². The summed E-state index contributed by atoms with van der Waals surface area (Å²) in [6.07, 6.45) is 3.25. The fraction of sp³-hybridized carbons (Fsp3) is 0.545. The molecule has 2 aromatic rings. The van der Waals surface area contributed by atoms with Crippen LogP contribution in [0.2, 0.25) is 0 Å². The monoisotopic (exact) mass is 385 g/mol. The first-order valence-corrected chi connectivity index (χ1v) is 9.90. The number of hydrogen-bond acceptors (Lipinski definition) is 3. The average Bonchev–Trinajstić information content (AvgIpc) is 3.23. The molecule has 1 aromatic carbocycles. The molecule has 1 saturated heterocycles. The summed E-state index contributed by atoms with van der Waals surface area (Å²) in [5.41, 5.74) is 2.00. The number of aromatic nitrogens is 1. The van der Waals surface area contributed by atoms with E-state index in [0.717, 1.165) is 48.8 Å². The maximum atomic E-state index is 13.2. The third-order valence-corrected chi connectivity index (χ3v) is 5.17. The number of rotatable bonds is 5. The van der Waals surface area contributed by atoms with Gasteiger partial charge < -0.3 is 14.2 Å². The minimum Gasteiger partial charge on any atom is -0.444 e. The molecule has 1 fully saturated rings. The number of alkyl halides is 1. The number of nitriles is 1. The maximum absolute atomic E-state index is 13.2. The van der Waals surface area contributed by atoms with E-state index in [9.17, 15) is 9.18 Å². The Balaban J connectivity index is 1.76. The summed E-state index contributed by atoms with van der Waals surface area (Å²) in [5, 5.41) is 10.2. The van der Waals surface area contributed by atoms with Crippen LogP contribution >= 0.6 is 0 Å². The van der Waals surface area contributed by atoms with E-state index in [1.54, 1.807) is 6.07 Å². The molecule has 0 unspecified atom stereocenters. The van der Waals surface area contributed by atoms with Crippen LogP contribution in [0.4, 0.5) is 9.18 Å². The van der Waals surface area contributed by atoms with Crippen molar-refractivity contribution >= 4 is 17.0 Å². The van der Waals surface area contributed by atoms with Gasteiger partial charge in [0.1, 0.15) is 12.3 Å². The van der Waals surface area contributed by atoms with Gasteiger partial charge in [0.15, 0.2) is 0 Å². The molecule has 2 heterocycles. The van der Waals surface area contributed by atoms with Crippen LogP contribution in [-0.2, 0) is 17.7 Å². The number of halogens is 1. The Kier molecular flexibility index (Phi) is 5.93. The molecule has 5 nitrogen and oxygen atoms in total. The predicted molar refractivity (Wildman–Crippen MR) is 107 cm³/mol. The Labute approximate surface area is 165 Å². The first kappa shape index (κ1) is 20.2. The van der Waals surface area contributed by atoms with E-state index >= 15 is 0 Å². The summed E-state index contributed by atoms with van der Waals surface area (Å²) in [5.74, 6) is 0. The first-order valence-electron chi connectivity index (χ1n) is 9.90. The summed E-state index contributed by atoms with van der Waals surface area (Å²) >= 11 is 0. The molecule has 0 aliphatic carbocycles. The highest BCUT2D eigenvalue weighted by atomic mass is 19.1. The van der Waals surface area contributed by atoms with Gasteiger partial charge in [-0.15, -0.1) is 0 Å². The van der Waals surface area contributed by atoms with Gasteiger partial charge in [-0.05, 0) is 70.0 Å². The van der Waals surface area contributed by atoms with Gasteiger partial charge in [0, 0.05) is 23.8 Å². The van der Waals surface area contributed by atoms with Crippen LogP contribution in [0.25, 0.3) is 10.9 Å². The third kappa shape index (κ3) is 4.46. The van der Waals surface area contributed by atoms with Gasteiger partial charge in [-0.3, -0.25) is 0 Å². The molecule has 28 heavy (non-hydrogen) atoms. The molecule has 1 aromatic heterocycles. The molecule has 0 spiro atoms. The van der Waals surface area contributed by atoms with Crippen LogP contribution < -0.4 is 0 Å². The second kappa shape index (κ2) is 8.22. The van der Waals surface area contributed by atoms with Crippen LogP contribution in [-0.4, -0.2) is 40.4 Å². The number of ether oxygens (including phenoxy) is 1. The molecule has 0 radical (unpaired) electrons. The lowest BCUT2D eigenvalue weighted by molar-refractivity contribution is 0.0220. The second-order valence-electron chi connectivity index (χ2n) is 8.37. The van der Waals surface area contributed by atoms with Crippen molar-refractivity contribution in [2.45, 2.75) is 64.6 Å². The molecule has 3 rings (SSSR count). The van der Waals surface area contributed by atoms with Crippen molar-refractivity contribution < 1.29 is 13.9 Å². The van der Waals surface area contributed by atoms with Crippen molar-refractivity contribution in [2.24, 2.45) is 0 Å². The lowest BCUT2D eigenvalue weighted by Gasteiger charge is -2.28. The zero-order valence-corrected chi connectivity index (χ0v) is 16.9. The largest absolute Gasteiger partial charge is 0.444 e. The lowest BCUT2D eigenvalue weighted by Crippen LogP contribution is -2.40. The van der Waals surface area contributed by atoms with Gasteiger partial charge in [0.2, 0.25) is 0 Å². The maximum Gasteiger partial charge on any atom is 0.410 e. The van der Waals surface area contributed by atoms with E-state index < -0.39 is 12.3 Å². The van der Waals surface area contributed by atoms with E-state index in [1.807, 2.05) is 42.4 Å². The number of benzene rings is 1. The number of aryl methyl sites for hydroxylation is 2. The Morgan fingerprint density at radius 1 is 1.36 bits per heavy atom. The lowest BCUT2D eigenvalue weighted by atomic mass is 10.1. The van der Waals surface area contributed by atoms with Crippen LogP contribution in [0.15, 0.2) is 24.3 Å². The number of amides is 1. The van der Waals surface area contributed by atoms with Gasteiger partial charge >= 0.3 is 6.09 Å². The normalized spacial score (nSPS) is 17.1. The smallest absolute Gasteiger partial charge is 0.410 e. The highest BCUT2D eigenvalue weighted by Gasteiger charge is 2.32. The molecule has 1 aliphatic rings. The standard InChI is InChI=1S/C22H28FN3O2/c1-22(2,3)28-21(27)26-11-4-5-18(26)8-9-19-14-17-7-6-16(15-24)13-20(17)25(19)12-10-23/h6-7,13-14,18H,4-5,8-12H2,1-3H3/t18-/m0/s1. The SMILES string of the molecule is CC(C)(C)OC(=O)N1CCC[C@H]1CCc1cc2ccc(C#N)cc2n1CCF. The Morgan fingerprint density at radius 3 is 2.82 bits per heavy atom. The molecule has 0 N–H and O–H groups in total. The summed E-state index contributed by atoms with van der Waals surface area (Å²) in [6, 6.07) is 9.87. The van der Waals surface area contributed by atoms with E-state index in [0.29, 0.717) is 5.56 Å². The van der Waals surface area contributed by atoms with Gasteiger partial charge in [-0.25, -0.2) is 9.18 Å². The summed E-state index contributed by atoms with van der Waals surface area (Å²) < 4.78 is 20.7. The topological polar surface area (TPSA) is 58.3 Å². The quantitative estimate of drug-likeness (QED) is 0.742. The Hall–Kier alpha value is -2.55. The fourth-order valence-electron chi connectivity index (χ4n) is 3.95. The number of carbonyl (C=O) groups is 1. The highest BCUT2D eigenvalue weighted by Crippen LogP contribution is 2.27. The van der Waals surface area contributed by atoms with Crippen molar-refractivity contribution in [3.05, 3.63) is 35.5 Å². The van der Waals surface area contributed by atoms with Gasteiger partial charge in [-0.2, -0.15) is 5.26 Å². The average molecular weight is 385 g/mol. The number of nitrogens with zero attached hydrogens (tertiary/aromatic N) is 3. The van der Waals surface area contributed by atoms with Crippen molar-refractivity contribution in [1.29, 1.82) is 5.26 Å². The molecule has 0 bridgehead atoms. The van der Waals surface area contributed by atoms with E-state index in [-0.39, 0.29) is 18.7 Å². The molecule has 1 atom stereocenters. The summed E-state index contributed by atoms with van der Waals surface area (Å²) in [7, 11) is 0. The number of carbonyl (C=O) groups excluding carboxylic acids is 1. The van der Waals surface area contributed by atoms with Crippen LogP contribution in [0.3, 0.4) is 0 Å². The summed E-state index contributed by atoms with van der Waals surface area (Å²) in [6.45, 7) is 6.16. The predicted octanol–water partition coefficient (Wildman–Crippen LogP) is 4.81. The highest BCUT2D eigenvalue weighted by molar-refractivity contribution is 5.82. The second-order valence-corrected chi connectivity index (χ2v) is 8.37. The van der Waals surface area contributed by atoms with E-state index in [2.05, 4.69) is 12.1 Å². The molecule has 0 saturated carbocycles. The number of likely N-dealkylation sites (tertiary alicyclic amines) is 1. The molecule has 6 heteroatoms. The molecule has 150 valence electrons. The van der Waals surface area contributed by atoms with Crippen LogP contribution in [0.5, 0.6) is 0 Å². The Morgan fingerprint density at radius 2 is 2.14 bits per heavy atom. The molecule has 1 aliphatic heterocycles. The molecular formula is C22H28FN3O2. The molecule has 1 amide bonds. The van der Waals surface area contributed by atoms with Gasteiger partial charge in [-0.1, -0.05) is 6.07 Å². The minimum absolute atomic E-state index is 0.140. The summed E-state index contributed by atoms with van der Waals surface area (Å²) in [4.78, 5) is 14.3. The fourth-order valence-corrected chi connectivity index (χ4v) is 3.95.